The fourth-order valence-electron chi connectivity index (χ4n) is 0.926. The number of methoxy groups -OCH3 is 1. The van der Waals surface area contributed by atoms with E-state index in [1.165, 1.54) is 25.3 Å². The first-order valence-electron chi connectivity index (χ1n) is 3.52. The molecule has 0 heterocycles. The molecule has 0 bridgehead atoms. The fourth-order valence-corrected chi connectivity index (χ4v) is 1.70. The van der Waals surface area contributed by atoms with E-state index in [-0.39, 0.29) is 10.5 Å². The third-order valence-corrected chi connectivity index (χ3v) is 2.92. The number of halogens is 1. The lowest BCUT2D eigenvalue weighted by molar-refractivity contribution is 0.413. The van der Waals surface area contributed by atoms with Gasteiger partial charge >= 0.3 is 0 Å². The van der Waals surface area contributed by atoms with E-state index in [2.05, 4.69) is 0 Å². The summed E-state index contributed by atoms with van der Waals surface area (Å²) in [5.74, 6) is 0.316. The zero-order valence-electron chi connectivity index (χ0n) is 7.19. The third-order valence-electron chi connectivity index (χ3n) is 1.57. The highest BCUT2D eigenvalue weighted by atomic mass is 35.7. The number of hydrogen-bond donors (Lipinski definition) is 0. The number of nitriles is 1. The summed E-state index contributed by atoms with van der Waals surface area (Å²) in [5.41, 5.74) is 0.134. The highest BCUT2D eigenvalue weighted by Gasteiger charge is 2.12. The van der Waals surface area contributed by atoms with Gasteiger partial charge in [0.1, 0.15) is 11.8 Å². The van der Waals surface area contributed by atoms with E-state index < -0.39 is 9.05 Å². The minimum Gasteiger partial charge on any atom is -0.495 e. The van der Waals surface area contributed by atoms with Gasteiger partial charge in [-0.3, -0.25) is 0 Å². The summed E-state index contributed by atoms with van der Waals surface area (Å²) in [4.78, 5) is -0.114. The van der Waals surface area contributed by atoms with Crippen LogP contribution in [0.2, 0.25) is 0 Å². The standard InChI is InChI=1S/C8H6ClNO3S/c1-13-8-3-2-7(14(9,11)12)4-6(8)5-10/h2-4H,1H3. The van der Waals surface area contributed by atoms with Crippen molar-refractivity contribution in [3.05, 3.63) is 23.8 Å². The fraction of sp³-hybridized carbons (Fsp3) is 0.125. The number of nitrogens with zero attached hydrogens (tertiary/aromatic N) is 1. The Morgan fingerprint density at radius 3 is 2.57 bits per heavy atom. The first-order valence-corrected chi connectivity index (χ1v) is 5.83. The van der Waals surface area contributed by atoms with Gasteiger partial charge in [0.25, 0.3) is 9.05 Å². The maximum Gasteiger partial charge on any atom is 0.261 e. The number of ether oxygens (including phenoxy) is 1. The van der Waals surface area contributed by atoms with Gasteiger partial charge < -0.3 is 4.74 Å². The quantitative estimate of drug-likeness (QED) is 0.724. The van der Waals surface area contributed by atoms with Crippen LogP contribution in [0.5, 0.6) is 5.75 Å². The molecule has 0 aliphatic rings. The Labute approximate surface area is 86.1 Å². The zero-order valence-corrected chi connectivity index (χ0v) is 8.76. The van der Waals surface area contributed by atoms with Crippen molar-refractivity contribution in [1.82, 2.24) is 0 Å². The molecule has 0 aliphatic carbocycles. The molecule has 74 valence electrons. The van der Waals surface area contributed by atoms with Gasteiger partial charge in [0.05, 0.1) is 17.6 Å². The summed E-state index contributed by atoms with van der Waals surface area (Å²) in [5, 5.41) is 8.67. The summed E-state index contributed by atoms with van der Waals surface area (Å²) < 4.78 is 26.7. The van der Waals surface area contributed by atoms with Crippen LogP contribution in [-0.4, -0.2) is 15.5 Å². The van der Waals surface area contributed by atoms with Crippen LogP contribution >= 0.6 is 10.7 Å². The summed E-state index contributed by atoms with van der Waals surface area (Å²) in [6.45, 7) is 0. The first kappa shape index (κ1) is 10.8. The van der Waals surface area contributed by atoms with Gasteiger partial charge in [-0.25, -0.2) is 8.42 Å². The topological polar surface area (TPSA) is 67.2 Å². The molecule has 0 aromatic heterocycles. The Hall–Kier alpha value is -1.25. The number of benzene rings is 1. The largest absolute Gasteiger partial charge is 0.495 e. The average molecular weight is 232 g/mol. The van der Waals surface area contributed by atoms with Crippen LogP contribution in [0.25, 0.3) is 0 Å². The highest BCUT2D eigenvalue weighted by molar-refractivity contribution is 8.13. The minimum atomic E-state index is -3.79. The second-order valence-electron chi connectivity index (χ2n) is 2.41. The number of hydrogen-bond acceptors (Lipinski definition) is 4. The molecule has 1 rings (SSSR count). The monoisotopic (exact) mass is 231 g/mol. The van der Waals surface area contributed by atoms with E-state index in [0.717, 1.165) is 0 Å². The van der Waals surface area contributed by atoms with E-state index in [9.17, 15) is 8.42 Å². The van der Waals surface area contributed by atoms with E-state index in [1.54, 1.807) is 0 Å². The van der Waals surface area contributed by atoms with E-state index in [1.807, 2.05) is 6.07 Å². The normalized spacial score (nSPS) is 10.6. The van der Waals surface area contributed by atoms with Gasteiger partial charge in [-0.05, 0) is 18.2 Å². The van der Waals surface area contributed by atoms with Crippen molar-refractivity contribution in [2.24, 2.45) is 0 Å². The molecule has 0 saturated carbocycles. The summed E-state index contributed by atoms with van der Waals surface area (Å²) in [6, 6.07) is 5.64. The predicted molar refractivity (Wildman–Crippen MR) is 50.7 cm³/mol. The molecule has 0 N–H and O–H groups in total. The molecule has 0 fully saturated rings. The molecule has 1 aromatic rings. The minimum absolute atomic E-state index is 0.114. The summed E-state index contributed by atoms with van der Waals surface area (Å²) in [7, 11) is 2.70. The molecule has 0 radical (unpaired) electrons. The Bertz CT molecular complexity index is 490. The van der Waals surface area contributed by atoms with Gasteiger partial charge in [-0.15, -0.1) is 0 Å². The van der Waals surface area contributed by atoms with Crippen molar-refractivity contribution in [1.29, 1.82) is 5.26 Å². The smallest absolute Gasteiger partial charge is 0.261 e. The Morgan fingerprint density at radius 2 is 2.14 bits per heavy atom. The highest BCUT2D eigenvalue weighted by Crippen LogP contribution is 2.23. The summed E-state index contributed by atoms with van der Waals surface area (Å²) >= 11 is 0. The SMILES string of the molecule is COc1ccc(S(=O)(=O)Cl)cc1C#N. The molecule has 0 spiro atoms. The van der Waals surface area contributed by atoms with Crippen molar-refractivity contribution in [2.75, 3.05) is 7.11 Å². The average Bonchev–Trinajstić information content (AvgIpc) is 2.15. The second kappa shape index (κ2) is 3.86. The molecule has 0 saturated heterocycles. The maximum absolute atomic E-state index is 10.9. The van der Waals surface area contributed by atoms with Gasteiger partial charge in [0.15, 0.2) is 0 Å². The van der Waals surface area contributed by atoms with Crippen LogP contribution in [0, 0.1) is 11.3 Å². The van der Waals surface area contributed by atoms with Crippen molar-refractivity contribution in [3.8, 4) is 11.8 Å². The predicted octanol–water partition coefficient (Wildman–Crippen LogP) is 1.49. The second-order valence-corrected chi connectivity index (χ2v) is 4.98. The van der Waals surface area contributed by atoms with Crippen LogP contribution in [0.15, 0.2) is 23.1 Å². The van der Waals surface area contributed by atoms with Gasteiger partial charge in [-0.1, -0.05) is 0 Å². The van der Waals surface area contributed by atoms with Crippen LogP contribution in [0.4, 0.5) is 0 Å². The van der Waals surface area contributed by atoms with Crippen molar-refractivity contribution in [3.63, 3.8) is 0 Å². The molecule has 1 aromatic carbocycles. The zero-order chi connectivity index (χ0) is 10.8. The Balaban J connectivity index is 3.38. The van der Waals surface area contributed by atoms with Crippen LogP contribution < -0.4 is 4.74 Å². The van der Waals surface area contributed by atoms with Crippen LogP contribution in [0.3, 0.4) is 0 Å². The lowest BCUT2D eigenvalue weighted by atomic mass is 10.2. The maximum atomic E-state index is 10.9. The third kappa shape index (κ3) is 2.16. The van der Waals surface area contributed by atoms with Crippen molar-refractivity contribution >= 4 is 19.7 Å². The molecular weight excluding hydrogens is 226 g/mol. The molecule has 0 amide bonds. The molecule has 0 atom stereocenters. The van der Waals surface area contributed by atoms with Gasteiger partial charge in [0, 0.05) is 10.7 Å². The lowest BCUT2D eigenvalue weighted by Gasteiger charge is -2.02. The van der Waals surface area contributed by atoms with E-state index >= 15 is 0 Å². The molecule has 0 unspecified atom stereocenters. The molecule has 6 heteroatoms. The molecule has 0 aliphatic heterocycles. The van der Waals surface area contributed by atoms with Gasteiger partial charge in [-0.2, -0.15) is 5.26 Å². The summed E-state index contributed by atoms with van der Waals surface area (Å²) in [6.07, 6.45) is 0. The van der Waals surface area contributed by atoms with E-state index in [4.69, 9.17) is 20.7 Å². The number of rotatable bonds is 2. The Morgan fingerprint density at radius 1 is 1.50 bits per heavy atom. The molecular formula is C8H6ClNO3S. The van der Waals surface area contributed by atoms with Gasteiger partial charge in [0.2, 0.25) is 0 Å². The van der Waals surface area contributed by atoms with Crippen molar-refractivity contribution in [2.45, 2.75) is 4.90 Å². The Kier molecular flexibility index (Phi) is 2.99. The van der Waals surface area contributed by atoms with Crippen molar-refractivity contribution < 1.29 is 13.2 Å². The van der Waals surface area contributed by atoms with Crippen LogP contribution in [0.1, 0.15) is 5.56 Å². The van der Waals surface area contributed by atoms with Crippen LogP contribution in [-0.2, 0) is 9.05 Å². The molecule has 4 nitrogen and oxygen atoms in total. The lowest BCUT2D eigenvalue weighted by Crippen LogP contribution is -1.94. The first-order chi connectivity index (χ1) is 6.49. The molecule has 14 heavy (non-hydrogen) atoms. The van der Waals surface area contributed by atoms with E-state index in [0.29, 0.717) is 5.75 Å².